The molecule has 12 heteroatoms. The van der Waals surface area contributed by atoms with Crippen LogP contribution in [-0.4, -0.2) is 38.4 Å². The highest BCUT2D eigenvalue weighted by atomic mass is 19.4. The molecule has 1 N–H and O–H groups in total. The first-order valence-electron chi connectivity index (χ1n) is 6.87. The summed E-state index contributed by atoms with van der Waals surface area (Å²) in [6.45, 7) is -2.71. The number of hydrogen-bond acceptors (Lipinski definition) is 5. The second kappa shape index (κ2) is 6.94. The molecule has 0 saturated heterocycles. The van der Waals surface area contributed by atoms with Crippen LogP contribution in [-0.2, 0) is 24.6 Å². The van der Waals surface area contributed by atoms with Crippen LogP contribution >= 0.6 is 0 Å². The molecule has 0 aliphatic rings. The molecule has 142 valence electrons. The van der Waals surface area contributed by atoms with Gasteiger partial charge in [0.15, 0.2) is 0 Å². The van der Waals surface area contributed by atoms with Gasteiger partial charge in [0.25, 0.3) is 0 Å². The number of alkyl halides is 6. The van der Waals surface area contributed by atoms with Crippen LogP contribution in [0.15, 0.2) is 18.3 Å². The average Bonchev–Trinajstić information content (AvgIpc) is 2.84. The number of carbonyl (C=O) groups is 1. The zero-order chi connectivity index (χ0) is 19.7. The van der Waals surface area contributed by atoms with Gasteiger partial charge in [-0.25, -0.2) is 9.67 Å². The normalized spacial score (nSPS) is 12.4. The number of aromatic hydroxyl groups is 1. The second-order valence-corrected chi connectivity index (χ2v) is 5.13. The summed E-state index contributed by atoms with van der Waals surface area (Å²) in [6, 6.07) is 1.27. The van der Waals surface area contributed by atoms with Gasteiger partial charge in [-0.2, -0.15) is 31.4 Å². The lowest BCUT2D eigenvalue weighted by atomic mass is 10.0. The number of carbonyl (C=O) groups excluding carboxylic acids is 1. The lowest BCUT2D eigenvalue weighted by Crippen LogP contribution is -2.19. The highest BCUT2D eigenvalue weighted by Crippen LogP contribution is 2.30. The van der Waals surface area contributed by atoms with E-state index in [9.17, 15) is 36.2 Å². The van der Waals surface area contributed by atoms with E-state index in [4.69, 9.17) is 0 Å². The standard InChI is InChI=1S/C14H11F6N3O3/c1-23-12(25)8(4-21-23)11(24)7-2-3-10(14(18,19)20)22-9(7)5-26-6-13(15,16)17/h2-4,25H,5-6H2,1H3. The van der Waals surface area contributed by atoms with Crippen LogP contribution in [0.4, 0.5) is 26.3 Å². The van der Waals surface area contributed by atoms with Crippen LogP contribution in [0.3, 0.4) is 0 Å². The third kappa shape index (κ3) is 4.50. The number of ether oxygens (including phenoxy) is 1. The Kier molecular flexibility index (Phi) is 5.26. The monoisotopic (exact) mass is 383 g/mol. The maximum atomic E-state index is 12.8. The van der Waals surface area contributed by atoms with Crippen LogP contribution < -0.4 is 0 Å². The van der Waals surface area contributed by atoms with Crippen molar-refractivity contribution in [2.75, 3.05) is 6.61 Å². The van der Waals surface area contributed by atoms with Crippen molar-refractivity contribution in [3.8, 4) is 5.88 Å². The van der Waals surface area contributed by atoms with E-state index in [-0.39, 0.29) is 5.56 Å². The molecule has 6 nitrogen and oxygen atoms in total. The second-order valence-electron chi connectivity index (χ2n) is 5.13. The zero-order valence-electron chi connectivity index (χ0n) is 13.0. The Balaban J connectivity index is 2.40. The third-order valence-corrected chi connectivity index (χ3v) is 3.17. The van der Waals surface area contributed by atoms with Gasteiger partial charge in [0.05, 0.1) is 18.5 Å². The van der Waals surface area contributed by atoms with Gasteiger partial charge < -0.3 is 9.84 Å². The molecule has 0 spiro atoms. The first-order chi connectivity index (χ1) is 11.9. The lowest BCUT2D eigenvalue weighted by molar-refractivity contribution is -0.177. The van der Waals surface area contributed by atoms with Crippen LogP contribution in [0, 0.1) is 0 Å². The quantitative estimate of drug-likeness (QED) is 0.635. The predicted molar refractivity (Wildman–Crippen MR) is 73.3 cm³/mol. The zero-order valence-corrected chi connectivity index (χ0v) is 13.0. The Morgan fingerprint density at radius 1 is 1.19 bits per heavy atom. The Bertz CT molecular complexity index is 813. The van der Waals surface area contributed by atoms with Gasteiger partial charge in [0, 0.05) is 12.6 Å². The van der Waals surface area contributed by atoms with E-state index in [1.54, 1.807) is 0 Å². The summed E-state index contributed by atoms with van der Waals surface area (Å²) in [4.78, 5) is 15.6. The summed E-state index contributed by atoms with van der Waals surface area (Å²) in [7, 11) is 1.31. The predicted octanol–water partition coefficient (Wildman–Crippen LogP) is 2.85. The summed E-state index contributed by atoms with van der Waals surface area (Å²) in [5.74, 6) is -1.51. The van der Waals surface area contributed by atoms with Gasteiger partial charge in [0.1, 0.15) is 17.9 Å². The molecule has 2 heterocycles. The molecular weight excluding hydrogens is 372 g/mol. The number of rotatable bonds is 5. The van der Waals surface area contributed by atoms with Crippen molar-refractivity contribution in [2.45, 2.75) is 19.0 Å². The van der Waals surface area contributed by atoms with Gasteiger partial charge in [-0.3, -0.25) is 4.79 Å². The Labute approximate surface area is 142 Å². The number of hydrogen-bond donors (Lipinski definition) is 1. The highest BCUT2D eigenvalue weighted by molar-refractivity contribution is 6.10. The molecule has 0 bridgehead atoms. The van der Waals surface area contributed by atoms with Crippen LogP contribution in [0.2, 0.25) is 0 Å². The number of pyridine rings is 1. The maximum Gasteiger partial charge on any atom is 0.433 e. The number of halogens is 6. The van der Waals surface area contributed by atoms with Crippen LogP contribution in [0.1, 0.15) is 27.3 Å². The fourth-order valence-electron chi connectivity index (χ4n) is 1.98. The first kappa shape index (κ1) is 19.7. The van der Waals surface area contributed by atoms with E-state index in [1.165, 1.54) is 7.05 Å². The van der Waals surface area contributed by atoms with Crippen molar-refractivity contribution in [3.05, 3.63) is 40.8 Å². The minimum absolute atomic E-state index is 0.342. The number of aromatic nitrogens is 3. The van der Waals surface area contributed by atoms with Gasteiger partial charge in [-0.05, 0) is 12.1 Å². The molecule has 0 atom stereocenters. The van der Waals surface area contributed by atoms with Crippen LogP contribution in [0.5, 0.6) is 5.88 Å². The topological polar surface area (TPSA) is 77.2 Å². The number of aryl methyl sites for hydroxylation is 1. The fourth-order valence-corrected chi connectivity index (χ4v) is 1.98. The third-order valence-electron chi connectivity index (χ3n) is 3.17. The Morgan fingerprint density at radius 2 is 1.85 bits per heavy atom. The highest BCUT2D eigenvalue weighted by Gasteiger charge is 2.34. The molecule has 26 heavy (non-hydrogen) atoms. The smallest absolute Gasteiger partial charge is 0.433 e. The summed E-state index contributed by atoms with van der Waals surface area (Å²) < 4.78 is 80.1. The molecule has 0 unspecified atom stereocenters. The van der Waals surface area contributed by atoms with Gasteiger partial charge in [-0.15, -0.1) is 0 Å². The van der Waals surface area contributed by atoms with Crippen LogP contribution in [0.25, 0.3) is 0 Å². The molecule has 2 rings (SSSR count). The Hall–Kier alpha value is -2.63. The van der Waals surface area contributed by atoms with E-state index < -0.39 is 54.2 Å². The molecule has 0 aliphatic carbocycles. The molecule has 2 aromatic rings. The summed E-state index contributed by atoms with van der Waals surface area (Å²) in [5.41, 5.74) is -2.82. The van der Waals surface area contributed by atoms with E-state index in [2.05, 4.69) is 14.8 Å². The van der Waals surface area contributed by atoms with Crippen molar-refractivity contribution >= 4 is 5.78 Å². The average molecular weight is 383 g/mol. The SMILES string of the molecule is Cn1ncc(C(=O)c2ccc(C(F)(F)F)nc2COCC(F)(F)F)c1O. The molecule has 2 aromatic heterocycles. The first-order valence-corrected chi connectivity index (χ1v) is 6.87. The van der Waals surface area contributed by atoms with Crippen molar-refractivity contribution in [1.82, 2.24) is 14.8 Å². The van der Waals surface area contributed by atoms with Gasteiger partial charge in [0.2, 0.25) is 11.7 Å². The minimum atomic E-state index is -4.86. The lowest BCUT2D eigenvalue weighted by Gasteiger charge is -2.13. The summed E-state index contributed by atoms with van der Waals surface area (Å²) in [5, 5.41) is 13.3. The minimum Gasteiger partial charge on any atom is -0.493 e. The fraction of sp³-hybridized carbons (Fsp3) is 0.357. The van der Waals surface area contributed by atoms with Crippen molar-refractivity contribution < 1.29 is 41.0 Å². The number of ketones is 1. The molecule has 0 radical (unpaired) electrons. The van der Waals surface area contributed by atoms with Crippen molar-refractivity contribution in [3.63, 3.8) is 0 Å². The van der Waals surface area contributed by atoms with E-state index in [0.29, 0.717) is 6.07 Å². The molecule has 0 aromatic carbocycles. The largest absolute Gasteiger partial charge is 0.493 e. The molecular formula is C14H11F6N3O3. The summed E-state index contributed by atoms with van der Waals surface area (Å²) in [6.07, 6.45) is -8.60. The maximum absolute atomic E-state index is 12.8. The van der Waals surface area contributed by atoms with Gasteiger partial charge >= 0.3 is 12.4 Å². The van der Waals surface area contributed by atoms with E-state index >= 15 is 0 Å². The van der Waals surface area contributed by atoms with Crippen molar-refractivity contribution in [2.24, 2.45) is 7.05 Å². The van der Waals surface area contributed by atoms with E-state index in [1.807, 2.05) is 0 Å². The summed E-state index contributed by atoms with van der Waals surface area (Å²) >= 11 is 0. The molecule has 0 amide bonds. The Morgan fingerprint density at radius 3 is 2.35 bits per heavy atom. The van der Waals surface area contributed by atoms with Crippen molar-refractivity contribution in [1.29, 1.82) is 0 Å². The molecule has 0 saturated carbocycles. The van der Waals surface area contributed by atoms with Gasteiger partial charge in [-0.1, -0.05) is 0 Å². The van der Waals surface area contributed by atoms with E-state index in [0.717, 1.165) is 16.9 Å². The number of nitrogens with zero attached hydrogens (tertiary/aromatic N) is 3. The molecule has 0 aliphatic heterocycles. The molecule has 0 fully saturated rings.